The number of Topliss-reactive ketones (excluding diaryl/α,β-unsaturated/α-hetero) is 1. The molecule has 2 aliphatic heterocycles. The van der Waals surface area contributed by atoms with E-state index in [1.165, 1.54) is 0 Å². The van der Waals surface area contributed by atoms with Crippen LogP contribution in [0.3, 0.4) is 0 Å². The lowest BCUT2D eigenvalue weighted by atomic mass is 10.1. The van der Waals surface area contributed by atoms with Gasteiger partial charge in [-0.3, -0.25) is 4.79 Å². The summed E-state index contributed by atoms with van der Waals surface area (Å²) < 4.78 is 5.44. The number of rotatable bonds is 2. The molecule has 0 saturated carbocycles. The predicted molar refractivity (Wildman–Crippen MR) is 71.0 cm³/mol. The first-order valence-corrected chi connectivity index (χ1v) is 7.82. The van der Waals surface area contributed by atoms with E-state index in [9.17, 15) is 4.79 Å². The highest BCUT2D eigenvalue weighted by molar-refractivity contribution is 8.08. The van der Waals surface area contributed by atoms with Gasteiger partial charge in [0.2, 0.25) is 5.78 Å². The van der Waals surface area contributed by atoms with E-state index >= 15 is 0 Å². The zero-order valence-corrected chi connectivity index (χ0v) is 11.4. The van der Waals surface area contributed by atoms with E-state index in [1.807, 2.05) is 17.8 Å². The first-order valence-electron chi connectivity index (χ1n) is 5.82. The van der Waals surface area contributed by atoms with Crippen LogP contribution >= 0.6 is 23.5 Å². The Kier molecular flexibility index (Phi) is 4.25. The van der Waals surface area contributed by atoms with Crippen LogP contribution in [0.1, 0.15) is 26.7 Å². The van der Waals surface area contributed by atoms with Gasteiger partial charge < -0.3 is 4.74 Å². The Bertz CT molecular complexity index is 301. The molecular formula is C12H18O2S2. The molecule has 16 heavy (non-hydrogen) atoms. The molecule has 4 heteroatoms. The quantitative estimate of drug-likeness (QED) is 0.761. The predicted octanol–water partition coefficient (Wildman–Crippen LogP) is 2.88. The molecule has 0 bridgehead atoms. The molecule has 0 spiro atoms. The van der Waals surface area contributed by atoms with Crippen LogP contribution in [0.15, 0.2) is 11.8 Å². The number of allylic oxidation sites excluding steroid dienone is 2. The fourth-order valence-electron chi connectivity index (χ4n) is 1.81. The molecule has 0 radical (unpaired) electrons. The second-order valence-corrected chi connectivity index (χ2v) is 7.29. The third-order valence-corrected chi connectivity index (χ3v) is 6.41. The van der Waals surface area contributed by atoms with Crippen LogP contribution < -0.4 is 0 Å². The number of carbonyl (C=O) groups excluding carboxylic acids is 1. The molecule has 1 saturated heterocycles. The summed E-state index contributed by atoms with van der Waals surface area (Å²) in [5.41, 5.74) is 0. The van der Waals surface area contributed by atoms with Crippen LogP contribution in [-0.4, -0.2) is 33.9 Å². The standard InChI is InChI=1S/C12H18O2S2/c1-8-9(2)16-11(7-15-8)12(13)10-5-3-4-6-14-10/h5,8-9,11H,3-4,6-7H2,1-2H3. The summed E-state index contributed by atoms with van der Waals surface area (Å²) in [6, 6.07) is 0. The summed E-state index contributed by atoms with van der Waals surface area (Å²) in [6.07, 6.45) is 3.98. The van der Waals surface area contributed by atoms with E-state index in [-0.39, 0.29) is 11.0 Å². The monoisotopic (exact) mass is 258 g/mol. The molecule has 0 aliphatic carbocycles. The average Bonchev–Trinajstić information content (AvgIpc) is 2.33. The molecule has 0 aromatic heterocycles. The summed E-state index contributed by atoms with van der Waals surface area (Å²) >= 11 is 3.71. The average molecular weight is 258 g/mol. The first-order chi connectivity index (χ1) is 7.68. The fourth-order valence-corrected chi connectivity index (χ4v) is 4.67. The largest absolute Gasteiger partial charge is 0.490 e. The highest BCUT2D eigenvalue weighted by Gasteiger charge is 2.32. The summed E-state index contributed by atoms with van der Waals surface area (Å²) in [5.74, 6) is 1.75. The first kappa shape index (κ1) is 12.4. The van der Waals surface area contributed by atoms with Crippen LogP contribution in [0.2, 0.25) is 0 Å². The molecule has 90 valence electrons. The van der Waals surface area contributed by atoms with Gasteiger partial charge in [0, 0.05) is 16.3 Å². The lowest BCUT2D eigenvalue weighted by Crippen LogP contribution is -2.33. The van der Waals surface area contributed by atoms with Crippen molar-refractivity contribution in [2.24, 2.45) is 0 Å². The topological polar surface area (TPSA) is 26.3 Å². The van der Waals surface area contributed by atoms with Crippen molar-refractivity contribution >= 4 is 29.3 Å². The Balaban J connectivity index is 1.97. The number of hydrogen-bond donors (Lipinski definition) is 0. The summed E-state index contributed by atoms with van der Waals surface area (Å²) in [6.45, 7) is 5.14. The van der Waals surface area contributed by atoms with Crippen molar-refractivity contribution in [3.63, 3.8) is 0 Å². The van der Waals surface area contributed by atoms with E-state index in [4.69, 9.17) is 4.74 Å². The van der Waals surface area contributed by atoms with Gasteiger partial charge in [0.1, 0.15) is 0 Å². The minimum atomic E-state index is 0.0977. The zero-order valence-electron chi connectivity index (χ0n) is 9.77. The van der Waals surface area contributed by atoms with Gasteiger partial charge in [-0.05, 0) is 18.9 Å². The Morgan fingerprint density at radius 2 is 2.25 bits per heavy atom. The lowest BCUT2D eigenvalue weighted by molar-refractivity contribution is -0.118. The van der Waals surface area contributed by atoms with E-state index in [0.717, 1.165) is 18.6 Å². The molecule has 0 aromatic rings. The summed E-state index contributed by atoms with van der Waals surface area (Å²) in [4.78, 5) is 12.2. The van der Waals surface area contributed by atoms with Gasteiger partial charge in [-0.25, -0.2) is 0 Å². The third kappa shape index (κ3) is 2.77. The summed E-state index contributed by atoms with van der Waals surface area (Å²) in [5, 5.41) is 1.30. The molecule has 1 fully saturated rings. The van der Waals surface area contributed by atoms with Gasteiger partial charge in [-0.2, -0.15) is 11.8 Å². The van der Waals surface area contributed by atoms with Crippen molar-refractivity contribution in [2.45, 2.75) is 42.4 Å². The maximum Gasteiger partial charge on any atom is 0.210 e. The lowest BCUT2D eigenvalue weighted by Gasteiger charge is -2.31. The molecule has 2 heterocycles. The molecule has 2 aliphatic rings. The fraction of sp³-hybridized carbons (Fsp3) is 0.750. The van der Waals surface area contributed by atoms with Crippen molar-refractivity contribution < 1.29 is 9.53 Å². The van der Waals surface area contributed by atoms with Crippen molar-refractivity contribution in [2.75, 3.05) is 12.4 Å². The van der Waals surface area contributed by atoms with Crippen LogP contribution in [0.25, 0.3) is 0 Å². The minimum Gasteiger partial charge on any atom is -0.490 e. The smallest absolute Gasteiger partial charge is 0.210 e. The normalized spacial score (nSPS) is 35.1. The van der Waals surface area contributed by atoms with Crippen LogP contribution in [0.4, 0.5) is 0 Å². The Morgan fingerprint density at radius 1 is 1.44 bits per heavy atom. The van der Waals surface area contributed by atoms with Gasteiger partial charge in [-0.1, -0.05) is 13.8 Å². The third-order valence-electron chi connectivity index (χ3n) is 3.02. The van der Waals surface area contributed by atoms with Gasteiger partial charge in [-0.15, -0.1) is 11.8 Å². The second kappa shape index (κ2) is 5.50. The second-order valence-electron chi connectivity index (χ2n) is 4.29. The van der Waals surface area contributed by atoms with Gasteiger partial charge in [0.25, 0.3) is 0 Å². The Hall–Kier alpha value is -0.0900. The Morgan fingerprint density at radius 3 is 2.88 bits per heavy atom. The van der Waals surface area contributed by atoms with Crippen molar-refractivity contribution in [3.8, 4) is 0 Å². The SMILES string of the molecule is CC1SCC(C(=O)C2=CCCCO2)SC1C. The van der Waals surface area contributed by atoms with Gasteiger partial charge in [0.15, 0.2) is 5.76 Å². The molecule has 2 rings (SSSR count). The number of carbonyl (C=O) groups is 1. The Labute approximate surface area is 106 Å². The molecule has 2 nitrogen and oxygen atoms in total. The zero-order chi connectivity index (χ0) is 11.5. The van der Waals surface area contributed by atoms with Crippen molar-refractivity contribution in [3.05, 3.63) is 11.8 Å². The number of thioether (sulfide) groups is 2. The molecule has 0 N–H and O–H groups in total. The molecule has 3 atom stereocenters. The maximum absolute atomic E-state index is 12.2. The number of hydrogen-bond acceptors (Lipinski definition) is 4. The van der Waals surface area contributed by atoms with E-state index in [1.54, 1.807) is 11.8 Å². The van der Waals surface area contributed by atoms with Crippen LogP contribution in [0, 0.1) is 0 Å². The van der Waals surface area contributed by atoms with Gasteiger partial charge >= 0.3 is 0 Å². The number of ketones is 1. The van der Waals surface area contributed by atoms with E-state index in [0.29, 0.717) is 22.9 Å². The minimum absolute atomic E-state index is 0.0977. The van der Waals surface area contributed by atoms with Crippen molar-refractivity contribution in [1.29, 1.82) is 0 Å². The molecular weight excluding hydrogens is 240 g/mol. The maximum atomic E-state index is 12.2. The van der Waals surface area contributed by atoms with Crippen LogP contribution in [-0.2, 0) is 9.53 Å². The number of ether oxygens (including phenoxy) is 1. The van der Waals surface area contributed by atoms with E-state index < -0.39 is 0 Å². The summed E-state index contributed by atoms with van der Waals surface area (Å²) in [7, 11) is 0. The molecule has 0 amide bonds. The molecule has 0 aromatic carbocycles. The molecule has 3 unspecified atom stereocenters. The van der Waals surface area contributed by atoms with Crippen LogP contribution in [0.5, 0.6) is 0 Å². The van der Waals surface area contributed by atoms with Crippen molar-refractivity contribution in [1.82, 2.24) is 0 Å². The highest BCUT2D eigenvalue weighted by atomic mass is 32.2. The van der Waals surface area contributed by atoms with Gasteiger partial charge in [0.05, 0.1) is 11.9 Å². The highest BCUT2D eigenvalue weighted by Crippen LogP contribution is 2.37. The van der Waals surface area contributed by atoms with E-state index in [2.05, 4.69) is 13.8 Å².